The molecule has 8 nitrogen and oxygen atoms in total. The van der Waals surface area contributed by atoms with Crippen molar-refractivity contribution in [2.45, 2.75) is 4.90 Å². The maximum absolute atomic E-state index is 13.6. The summed E-state index contributed by atoms with van der Waals surface area (Å²) in [6.45, 7) is 0. The Hall–Kier alpha value is -4.89. The lowest BCUT2D eigenvalue weighted by molar-refractivity contribution is 0.0977. The van der Waals surface area contributed by atoms with Crippen LogP contribution in [0.25, 0.3) is 0 Å². The minimum absolute atomic E-state index is 0.0248. The number of ketones is 2. The predicted octanol–water partition coefficient (Wildman–Crippen LogP) is 4.37. The molecular weight excluding hydrogens is 504 g/mol. The monoisotopic (exact) mass is 524 g/mol. The molecule has 4 aromatic carbocycles. The topological polar surface area (TPSA) is 126 Å². The smallest absolute Gasteiger partial charge is 0.255 e. The number of hydrogen-bond donors (Lipinski definition) is 2. The predicted molar refractivity (Wildman–Crippen MR) is 142 cm³/mol. The maximum Gasteiger partial charge on any atom is 0.255 e. The fourth-order valence-corrected chi connectivity index (χ4v) is 4.89. The van der Waals surface area contributed by atoms with E-state index in [1.165, 1.54) is 48.5 Å². The molecule has 2 N–H and O–H groups in total. The van der Waals surface area contributed by atoms with Crippen LogP contribution in [-0.4, -0.2) is 38.1 Å². The molecule has 0 saturated carbocycles. The lowest BCUT2D eigenvalue weighted by Crippen LogP contribution is -2.26. The van der Waals surface area contributed by atoms with Gasteiger partial charge in [-0.05, 0) is 48.5 Å². The Morgan fingerprint density at radius 2 is 1.00 bits per heavy atom. The van der Waals surface area contributed by atoms with Crippen molar-refractivity contribution in [3.63, 3.8) is 0 Å². The van der Waals surface area contributed by atoms with Gasteiger partial charge in [0.1, 0.15) is 0 Å². The van der Waals surface area contributed by atoms with Crippen LogP contribution in [0.1, 0.15) is 52.6 Å². The molecule has 0 bridgehead atoms. The molecule has 0 radical (unpaired) electrons. The molecule has 0 atom stereocenters. The number of carbonyl (C=O) groups is 4. The van der Waals surface area contributed by atoms with Gasteiger partial charge >= 0.3 is 0 Å². The van der Waals surface area contributed by atoms with Gasteiger partial charge in [-0.25, -0.2) is 8.42 Å². The van der Waals surface area contributed by atoms with Gasteiger partial charge in [0.25, 0.3) is 11.8 Å². The first-order chi connectivity index (χ1) is 18.1. The summed E-state index contributed by atoms with van der Waals surface area (Å²) >= 11 is 0. The Morgan fingerprint density at radius 3 is 1.45 bits per heavy atom. The Morgan fingerprint density at radius 1 is 0.579 bits per heavy atom. The van der Waals surface area contributed by atoms with Crippen molar-refractivity contribution in [2.24, 2.45) is 0 Å². The second kappa shape index (κ2) is 9.53. The number of carbonyl (C=O) groups excluding carboxylic acids is 4. The average molecular weight is 525 g/mol. The molecule has 0 heterocycles. The minimum atomic E-state index is -3.44. The Balaban J connectivity index is 1.56. The maximum atomic E-state index is 13.6. The number of amides is 2. The van der Waals surface area contributed by atoms with Gasteiger partial charge in [-0.3, -0.25) is 19.2 Å². The van der Waals surface area contributed by atoms with Gasteiger partial charge in [-0.2, -0.15) is 0 Å². The minimum Gasteiger partial charge on any atom is -0.321 e. The largest absolute Gasteiger partial charge is 0.321 e. The summed E-state index contributed by atoms with van der Waals surface area (Å²) in [6, 6.07) is 23.0. The van der Waals surface area contributed by atoms with Crippen molar-refractivity contribution in [1.29, 1.82) is 0 Å². The van der Waals surface area contributed by atoms with Crippen molar-refractivity contribution < 1.29 is 27.6 Å². The Bertz CT molecular complexity index is 1740. The summed E-state index contributed by atoms with van der Waals surface area (Å²) in [6.07, 6.45) is 1.06. The number of rotatable bonds is 5. The van der Waals surface area contributed by atoms with Crippen LogP contribution in [0.15, 0.2) is 95.9 Å². The van der Waals surface area contributed by atoms with Gasteiger partial charge < -0.3 is 10.6 Å². The molecule has 38 heavy (non-hydrogen) atoms. The van der Waals surface area contributed by atoms with Gasteiger partial charge in [-0.1, -0.05) is 42.5 Å². The lowest BCUT2D eigenvalue weighted by Gasteiger charge is -2.23. The highest BCUT2D eigenvalue weighted by molar-refractivity contribution is 7.90. The van der Waals surface area contributed by atoms with Crippen LogP contribution in [0.3, 0.4) is 0 Å². The van der Waals surface area contributed by atoms with E-state index >= 15 is 0 Å². The lowest BCUT2D eigenvalue weighted by atomic mass is 9.82. The van der Waals surface area contributed by atoms with E-state index in [0.717, 1.165) is 6.26 Å². The van der Waals surface area contributed by atoms with E-state index in [2.05, 4.69) is 10.6 Å². The van der Waals surface area contributed by atoms with Crippen LogP contribution in [-0.2, 0) is 9.84 Å². The van der Waals surface area contributed by atoms with Gasteiger partial charge in [0.05, 0.1) is 27.4 Å². The number of anilines is 2. The van der Waals surface area contributed by atoms with E-state index in [4.69, 9.17) is 0 Å². The van der Waals surface area contributed by atoms with Crippen molar-refractivity contribution in [3.05, 3.63) is 124 Å². The van der Waals surface area contributed by atoms with Gasteiger partial charge in [0.2, 0.25) is 0 Å². The van der Waals surface area contributed by atoms with E-state index in [-0.39, 0.29) is 44.1 Å². The van der Waals surface area contributed by atoms with E-state index in [0.29, 0.717) is 5.56 Å². The molecule has 4 aromatic rings. The van der Waals surface area contributed by atoms with Crippen LogP contribution < -0.4 is 10.6 Å². The summed E-state index contributed by atoms with van der Waals surface area (Å²) < 4.78 is 23.5. The normalized spacial score (nSPS) is 12.3. The summed E-state index contributed by atoms with van der Waals surface area (Å²) in [7, 11) is -3.44. The van der Waals surface area contributed by atoms with Crippen molar-refractivity contribution in [1.82, 2.24) is 0 Å². The highest BCUT2D eigenvalue weighted by atomic mass is 32.2. The van der Waals surface area contributed by atoms with E-state index in [1.54, 1.807) is 42.5 Å². The first-order valence-corrected chi connectivity index (χ1v) is 13.4. The Labute approximate surface area is 218 Å². The highest BCUT2D eigenvalue weighted by Gasteiger charge is 2.34. The molecule has 1 aliphatic rings. The van der Waals surface area contributed by atoms with Crippen molar-refractivity contribution >= 4 is 44.6 Å². The van der Waals surface area contributed by atoms with Crippen molar-refractivity contribution in [3.8, 4) is 0 Å². The summed E-state index contributed by atoms with van der Waals surface area (Å²) in [5, 5.41) is 5.38. The molecule has 2 amide bonds. The molecule has 0 saturated heterocycles. The molecular formula is C29H20N2O6S. The number of sulfone groups is 1. The van der Waals surface area contributed by atoms with Crippen molar-refractivity contribution in [2.75, 3.05) is 16.9 Å². The Kier molecular flexibility index (Phi) is 6.22. The third-order valence-corrected chi connectivity index (χ3v) is 7.28. The second-order valence-electron chi connectivity index (χ2n) is 8.69. The molecule has 0 spiro atoms. The molecule has 0 unspecified atom stereocenters. The number of fused-ring (bicyclic) bond motifs is 2. The SMILES string of the molecule is CS(=O)(=O)c1ccc(C(=O)Nc2ccc(NC(=O)c3ccccc3)c3c2C(=O)c2ccccc2C3=O)cc1. The van der Waals surface area contributed by atoms with Crippen LogP contribution >= 0.6 is 0 Å². The zero-order valence-corrected chi connectivity index (χ0v) is 20.8. The number of hydrogen-bond acceptors (Lipinski definition) is 6. The van der Waals surface area contributed by atoms with Gasteiger partial charge in [-0.15, -0.1) is 0 Å². The zero-order valence-electron chi connectivity index (χ0n) is 20.0. The zero-order chi connectivity index (χ0) is 27.0. The van der Waals surface area contributed by atoms with E-state index in [9.17, 15) is 27.6 Å². The molecule has 0 aromatic heterocycles. The average Bonchev–Trinajstić information content (AvgIpc) is 2.92. The quantitative estimate of drug-likeness (QED) is 0.352. The fourth-order valence-electron chi connectivity index (χ4n) is 4.26. The summed E-state index contributed by atoms with van der Waals surface area (Å²) in [5.74, 6) is -2.01. The fraction of sp³-hybridized carbons (Fsp3) is 0.0345. The molecule has 0 fully saturated rings. The van der Waals surface area contributed by atoms with Gasteiger partial charge in [0, 0.05) is 28.5 Å². The third kappa shape index (κ3) is 4.51. The van der Waals surface area contributed by atoms with Crippen LogP contribution in [0, 0.1) is 0 Å². The standard InChI is InChI=1S/C29H20N2O6S/c1-38(36,37)19-13-11-18(12-14-19)29(35)31-23-16-15-22(30-28(34)17-7-3-2-4-8-17)24-25(23)27(33)21-10-6-5-9-20(21)26(24)32/h2-16H,1H3,(H,30,34)(H,31,35). The first-order valence-electron chi connectivity index (χ1n) is 11.5. The third-order valence-electron chi connectivity index (χ3n) is 6.15. The molecule has 0 aliphatic heterocycles. The van der Waals surface area contributed by atoms with Crippen LogP contribution in [0.4, 0.5) is 11.4 Å². The molecule has 5 rings (SSSR count). The highest BCUT2D eigenvalue weighted by Crippen LogP contribution is 2.37. The number of nitrogens with one attached hydrogen (secondary N) is 2. The van der Waals surface area contributed by atoms with E-state index < -0.39 is 33.2 Å². The number of benzene rings is 4. The molecule has 1 aliphatic carbocycles. The first kappa shape index (κ1) is 24.8. The molecule has 9 heteroatoms. The molecule has 188 valence electrons. The summed E-state index contributed by atoms with van der Waals surface area (Å²) in [4.78, 5) is 53.1. The summed E-state index contributed by atoms with van der Waals surface area (Å²) in [5.41, 5.74) is 1.06. The van der Waals surface area contributed by atoms with Crippen LogP contribution in [0.2, 0.25) is 0 Å². The van der Waals surface area contributed by atoms with Crippen LogP contribution in [0.5, 0.6) is 0 Å². The second-order valence-corrected chi connectivity index (χ2v) is 10.7. The van der Waals surface area contributed by atoms with Gasteiger partial charge in [0.15, 0.2) is 21.4 Å². The van der Waals surface area contributed by atoms with E-state index in [1.807, 2.05) is 0 Å².